The van der Waals surface area contributed by atoms with E-state index >= 15 is 0 Å². The van der Waals surface area contributed by atoms with Crippen LogP contribution in [0.5, 0.6) is 0 Å². The minimum atomic E-state index is 1.02. The van der Waals surface area contributed by atoms with Crippen LogP contribution in [0, 0.1) is 0 Å². The van der Waals surface area contributed by atoms with Crippen molar-refractivity contribution in [3.8, 4) is 22.4 Å². The van der Waals surface area contributed by atoms with Crippen molar-refractivity contribution < 1.29 is 0 Å². The van der Waals surface area contributed by atoms with E-state index in [1.165, 1.54) is 78.6 Å². The van der Waals surface area contributed by atoms with Gasteiger partial charge in [0.15, 0.2) is 5.65 Å². The SMILES string of the molecule is c1ccc2c(c1)ccc1c2ccc2c1nc1c3sc4ccccc4c3cc(-c3ccc(-c4ccc5sc6ccccc6c5c4)cc3)n21. The standard InChI is InChI=1S/C43H24N2S2/c1-2-8-29-26(7-1)17-19-33-30(29)20-21-36-41(33)44-43-42-35(32-10-4-6-12-39(32)47-42)24-37(45(36)43)27-15-13-25(14-16-27)28-18-22-40-34(23-28)31-9-3-5-11-38(31)46-40/h1-24H. The monoisotopic (exact) mass is 632 g/mol. The molecule has 11 rings (SSSR count). The highest BCUT2D eigenvalue weighted by atomic mass is 32.1. The van der Waals surface area contributed by atoms with Crippen molar-refractivity contribution in [2.75, 3.05) is 0 Å². The number of aromatic nitrogens is 2. The van der Waals surface area contributed by atoms with Gasteiger partial charge in [0.1, 0.15) is 0 Å². The maximum Gasteiger partial charge on any atom is 0.156 e. The van der Waals surface area contributed by atoms with Gasteiger partial charge in [0, 0.05) is 41.0 Å². The van der Waals surface area contributed by atoms with E-state index in [1.54, 1.807) is 0 Å². The molecule has 0 bridgehead atoms. The molecule has 47 heavy (non-hydrogen) atoms. The predicted molar refractivity (Wildman–Crippen MR) is 204 cm³/mol. The minimum Gasteiger partial charge on any atom is -0.291 e. The molecule has 0 aliphatic carbocycles. The molecule has 7 aromatic carbocycles. The maximum absolute atomic E-state index is 5.45. The molecule has 0 aliphatic rings. The highest BCUT2D eigenvalue weighted by Gasteiger charge is 2.19. The number of benzene rings is 7. The fraction of sp³-hybridized carbons (Fsp3) is 0. The number of hydrogen-bond donors (Lipinski definition) is 0. The second-order valence-electron chi connectivity index (χ2n) is 12.3. The first-order chi connectivity index (χ1) is 23.3. The average Bonchev–Trinajstić information content (AvgIpc) is 3.82. The quantitative estimate of drug-likeness (QED) is 0.173. The number of thiophene rings is 2. The van der Waals surface area contributed by atoms with Gasteiger partial charge < -0.3 is 0 Å². The van der Waals surface area contributed by atoms with Crippen LogP contribution in [0.1, 0.15) is 0 Å². The molecule has 218 valence electrons. The molecule has 0 fully saturated rings. The Bertz CT molecular complexity index is 3070. The van der Waals surface area contributed by atoms with Gasteiger partial charge in [-0.05, 0) is 69.2 Å². The fourth-order valence-corrected chi connectivity index (χ4v) is 9.80. The van der Waals surface area contributed by atoms with Crippen molar-refractivity contribution >= 4 is 101 Å². The second-order valence-corrected chi connectivity index (χ2v) is 14.5. The summed E-state index contributed by atoms with van der Waals surface area (Å²) >= 11 is 3.70. The van der Waals surface area contributed by atoms with Crippen LogP contribution in [0.4, 0.5) is 0 Å². The summed E-state index contributed by atoms with van der Waals surface area (Å²) in [4.78, 5) is 5.45. The first kappa shape index (κ1) is 25.6. The lowest BCUT2D eigenvalue weighted by Gasteiger charge is -2.11. The lowest BCUT2D eigenvalue weighted by atomic mass is 10.00. The summed E-state index contributed by atoms with van der Waals surface area (Å²) in [5.41, 5.74) is 8.00. The Labute approximate surface area is 277 Å². The van der Waals surface area contributed by atoms with Crippen molar-refractivity contribution in [3.63, 3.8) is 0 Å². The molecular weight excluding hydrogens is 609 g/mol. The van der Waals surface area contributed by atoms with Gasteiger partial charge in [-0.1, -0.05) is 109 Å². The van der Waals surface area contributed by atoms with Crippen LogP contribution < -0.4 is 0 Å². The first-order valence-electron chi connectivity index (χ1n) is 15.9. The highest BCUT2D eigenvalue weighted by Crippen LogP contribution is 2.42. The van der Waals surface area contributed by atoms with Gasteiger partial charge in [-0.2, -0.15) is 0 Å². The molecular formula is C43H24N2S2. The van der Waals surface area contributed by atoms with Crippen molar-refractivity contribution in [2.24, 2.45) is 0 Å². The summed E-state index contributed by atoms with van der Waals surface area (Å²) in [6, 6.07) is 53.5. The number of pyridine rings is 1. The number of hydrogen-bond acceptors (Lipinski definition) is 3. The Kier molecular flexibility index (Phi) is 5.17. The molecule has 0 saturated heterocycles. The third-order valence-corrected chi connectivity index (χ3v) is 12.1. The van der Waals surface area contributed by atoms with Crippen LogP contribution in [0.25, 0.3) is 101 Å². The van der Waals surface area contributed by atoms with Gasteiger partial charge in [0.05, 0.1) is 21.4 Å². The Morgan fingerprint density at radius 1 is 0.426 bits per heavy atom. The molecule has 0 saturated carbocycles. The molecule has 4 heteroatoms. The van der Waals surface area contributed by atoms with E-state index in [-0.39, 0.29) is 0 Å². The number of nitrogens with zero attached hydrogens (tertiary/aromatic N) is 2. The minimum absolute atomic E-state index is 1.02. The molecule has 4 aromatic heterocycles. The zero-order valence-electron chi connectivity index (χ0n) is 25.1. The Hall–Kier alpha value is -5.55. The Morgan fingerprint density at radius 3 is 1.94 bits per heavy atom. The topological polar surface area (TPSA) is 17.3 Å². The van der Waals surface area contributed by atoms with Gasteiger partial charge in [-0.25, -0.2) is 4.98 Å². The molecule has 0 amide bonds. The van der Waals surface area contributed by atoms with Crippen LogP contribution in [-0.2, 0) is 0 Å². The van der Waals surface area contributed by atoms with Crippen molar-refractivity contribution in [1.82, 2.24) is 9.38 Å². The summed E-state index contributed by atoms with van der Waals surface area (Å²) in [5, 5.41) is 10.2. The van der Waals surface area contributed by atoms with Crippen molar-refractivity contribution in [2.45, 2.75) is 0 Å². The molecule has 0 aliphatic heterocycles. The van der Waals surface area contributed by atoms with E-state index in [2.05, 4.69) is 150 Å². The summed E-state index contributed by atoms with van der Waals surface area (Å²) in [7, 11) is 0. The van der Waals surface area contributed by atoms with E-state index in [1.807, 2.05) is 22.7 Å². The molecule has 0 unspecified atom stereocenters. The van der Waals surface area contributed by atoms with Crippen LogP contribution in [0.15, 0.2) is 146 Å². The Morgan fingerprint density at radius 2 is 1.09 bits per heavy atom. The van der Waals surface area contributed by atoms with Gasteiger partial charge in [0.25, 0.3) is 0 Å². The number of fused-ring (bicyclic) bond motifs is 14. The van der Waals surface area contributed by atoms with E-state index in [0.717, 1.165) is 22.4 Å². The van der Waals surface area contributed by atoms with E-state index in [0.29, 0.717) is 0 Å². The van der Waals surface area contributed by atoms with Gasteiger partial charge in [0.2, 0.25) is 0 Å². The maximum atomic E-state index is 5.45. The van der Waals surface area contributed by atoms with E-state index in [4.69, 9.17) is 4.98 Å². The third-order valence-electron chi connectivity index (χ3n) is 9.80. The van der Waals surface area contributed by atoms with Crippen molar-refractivity contribution in [1.29, 1.82) is 0 Å². The molecule has 0 atom stereocenters. The first-order valence-corrected chi connectivity index (χ1v) is 17.5. The van der Waals surface area contributed by atoms with E-state index < -0.39 is 0 Å². The molecule has 0 N–H and O–H groups in total. The summed E-state index contributed by atoms with van der Waals surface area (Å²) < 4.78 is 7.58. The summed E-state index contributed by atoms with van der Waals surface area (Å²) in [6.45, 7) is 0. The third kappa shape index (κ3) is 3.62. The smallest absolute Gasteiger partial charge is 0.156 e. The summed E-state index contributed by atoms with van der Waals surface area (Å²) in [6.07, 6.45) is 0. The summed E-state index contributed by atoms with van der Waals surface area (Å²) in [5.74, 6) is 0. The Balaban J connectivity index is 1.16. The zero-order valence-corrected chi connectivity index (χ0v) is 26.7. The van der Waals surface area contributed by atoms with Crippen LogP contribution in [0.3, 0.4) is 0 Å². The van der Waals surface area contributed by atoms with Crippen LogP contribution in [-0.4, -0.2) is 9.38 Å². The van der Waals surface area contributed by atoms with Crippen molar-refractivity contribution in [3.05, 3.63) is 146 Å². The van der Waals surface area contributed by atoms with E-state index in [9.17, 15) is 0 Å². The average molecular weight is 633 g/mol. The lowest BCUT2D eigenvalue weighted by molar-refractivity contribution is 1.25. The number of imidazole rings is 1. The fourth-order valence-electron chi connectivity index (χ4n) is 7.55. The molecule has 4 heterocycles. The molecule has 0 radical (unpaired) electrons. The zero-order chi connectivity index (χ0) is 30.6. The highest BCUT2D eigenvalue weighted by molar-refractivity contribution is 7.26. The molecule has 11 aromatic rings. The van der Waals surface area contributed by atoms with Crippen LogP contribution in [0.2, 0.25) is 0 Å². The normalized spacial score (nSPS) is 12.3. The predicted octanol–water partition coefficient (Wildman–Crippen LogP) is 12.9. The number of rotatable bonds is 2. The molecule has 0 spiro atoms. The second kappa shape index (κ2) is 9.49. The molecule has 2 nitrogen and oxygen atoms in total. The van der Waals surface area contributed by atoms with Gasteiger partial charge in [-0.3, -0.25) is 4.40 Å². The van der Waals surface area contributed by atoms with Gasteiger partial charge >= 0.3 is 0 Å². The van der Waals surface area contributed by atoms with Crippen LogP contribution >= 0.6 is 22.7 Å². The van der Waals surface area contributed by atoms with Gasteiger partial charge in [-0.15, -0.1) is 22.7 Å². The largest absolute Gasteiger partial charge is 0.291 e. The lowest BCUT2D eigenvalue weighted by Crippen LogP contribution is -1.93.